The molecule has 0 spiro atoms. The van der Waals surface area contributed by atoms with Crippen molar-refractivity contribution in [2.75, 3.05) is 6.54 Å². The number of rotatable bonds is 6. The number of amides is 1. The molecule has 120 valence electrons. The van der Waals surface area contributed by atoms with Crippen molar-refractivity contribution in [2.45, 2.75) is 38.8 Å². The second kappa shape index (κ2) is 6.72. The molecule has 2 aromatic rings. The van der Waals surface area contributed by atoms with Gasteiger partial charge in [0, 0.05) is 6.54 Å². The number of aromatic amines is 1. The quantitative estimate of drug-likeness (QED) is 0.706. The molecule has 0 saturated heterocycles. The molecule has 8 heteroatoms. The summed E-state index contributed by atoms with van der Waals surface area (Å²) < 4.78 is 2.09. The van der Waals surface area contributed by atoms with Crippen molar-refractivity contribution in [3.8, 4) is 10.7 Å². The van der Waals surface area contributed by atoms with Gasteiger partial charge in [0.05, 0.1) is 10.5 Å². The van der Waals surface area contributed by atoms with Crippen molar-refractivity contribution in [1.82, 2.24) is 20.1 Å². The summed E-state index contributed by atoms with van der Waals surface area (Å²) in [6, 6.07) is 3.33. The van der Waals surface area contributed by atoms with E-state index < -0.39 is 11.6 Å². The molecule has 0 aliphatic carbocycles. The molecule has 0 aliphatic rings. The Labute approximate surface area is 138 Å². The summed E-state index contributed by atoms with van der Waals surface area (Å²) >= 11 is 6.78. The largest absolute Gasteiger partial charge is 0.388 e. The lowest BCUT2D eigenvalue weighted by atomic mass is 10.0. The standard InChI is InChI=1S/C14H20N4O2S2/c1-4-14(3,20)8-15-12(19)9(2)18-11(16-17-13(18)21)10-6-5-7-22-10/h5-7,9,20H,4,8H2,1-3H3,(H,15,19)(H,17,21)/t9-,14-/m0/s1. The van der Waals surface area contributed by atoms with Gasteiger partial charge in [0.15, 0.2) is 10.6 Å². The van der Waals surface area contributed by atoms with Gasteiger partial charge in [0.2, 0.25) is 5.91 Å². The molecular formula is C14H20N4O2S2. The molecule has 2 aromatic heterocycles. The molecule has 0 aliphatic heterocycles. The minimum Gasteiger partial charge on any atom is -0.388 e. The topological polar surface area (TPSA) is 82.9 Å². The fourth-order valence-electron chi connectivity index (χ4n) is 1.91. The van der Waals surface area contributed by atoms with Crippen LogP contribution in [0.5, 0.6) is 0 Å². The van der Waals surface area contributed by atoms with E-state index in [1.807, 2.05) is 24.4 Å². The van der Waals surface area contributed by atoms with Crippen LogP contribution in [0, 0.1) is 4.77 Å². The zero-order valence-electron chi connectivity index (χ0n) is 12.8. The zero-order valence-corrected chi connectivity index (χ0v) is 14.4. The van der Waals surface area contributed by atoms with Gasteiger partial charge in [-0.1, -0.05) is 13.0 Å². The summed E-state index contributed by atoms with van der Waals surface area (Å²) in [4.78, 5) is 13.3. The van der Waals surface area contributed by atoms with E-state index in [-0.39, 0.29) is 12.5 Å². The van der Waals surface area contributed by atoms with Gasteiger partial charge in [0.1, 0.15) is 6.04 Å². The molecule has 0 unspecified atom stereocenters. The first-order valence-corrected chi connectivity index (χ1v) is 8.35. The van der Waals surface area contributed by atoms with E-state index in [2.05, 4.69) is 15.5 Å². The highest BCUT2D eigenvalue weighted by Gasteiger charge is 2.24. The van der Waals surface area contributed by atoms with Gasteiger partial charge in [-0.15, -0.1) is 11.3 Å². The van der Waals surface area contributed by atoms with Crippen molar-refractivity contribution in [1.29, 1.82) is 0 Å². The molecule has 6 nitrogen and oxygen atoms in total. The number of hydrogen-bond acceptors (Lipinski definition) is 5. The molecule has 0 radical (unpaired) electrons. The molecule has 3 N–H and O–H groups in total. The Morgan fingerprint density at radius 1 is 1.68 bits per heavy atom. The normalized spacial score (nSPS) is 15.3. The molecule has 2 atom stereocenters. The lowest BCUT2D eigenvalue weighted by Gasteiger charge is -2.23. The van der Waals surface area contributed by atoms with Gasteiger partial charge in [-0.2, -0.15) is 5.10 Å². The molecule has 0 saturated carbocycles. The second-order valence-electron chi connectivity index (χ2n) is 5.44. The number of carbonyl (C=O) groups is 1. The van der Waals surface area contributed by atoms with E-state index in [4.69, 9.17) is 12.2 Å². The summed E-state index contributed by atoms with van der Waals surface area (Å²) in [5, 5.41) is 21.6. The van der Waals surface area contributed by atoms with Crippen molar-refractivity contribution < 1.29 is 9.90 Å². The number of aromatic nitrogens is 3. The van der Waals surface area contributed by atoms with Crippen molar-refractivity contribution in [2.24, 2.45) is 0 Å². The van der Waals surface area contributed by atoms with Gasteiger partial charge in [-0.25, -0.2) is 0 Å². The highest BCUT2D eigenvalue weighted by molar-refractivity contribution is 7.71. The average Bonchev–Trinajstić information content (AvgIpc) is 3.13. The Bertz CT molecular complexity index is 688. The third-order valence-corrected chi connectivity index (χ3v) is 4.77. The summed E-state index contributed by atoms with van der Waals surface area (Å²) in [5.41, 5.74) is -0.913. The third kappa shape index (κ3) is 3.63. The number of hydrogen-bond donors (Lipinski definition) is 3. The molecule has 22 heavy (non-hydrogen) atoms. The van der Waals surface area contributed by atoms with E-state index in [0.717, 1.165) is 4.88 Å². The number of thiophene rings is 1. The molecule has 0 fully saturated rings. The molecule has 0 aromatic carbocycles. The van der Waals surface area contributed by atoms with E-state index in [9.17, 15) is 9.90 Å². The maximum Gasteiger partial charge on any atom is 0.243 e. The maximum atomic E-state index is 12.4. The van der Waals surface area contributed by atoms with E-state index >= 15 is 0 Å². The lowest BCUT2D eigenvalue weighted by molar-refractivity contribution is -0.125. The Kier molecular flexibility index (Phi) is 5.15. The average molecular weight is 340 g/mol. The minimum absolute atomic E-state index is 0.201. The van der Waals surface area contributed by atoms with Crippen LogP contribution < -0.4 is 5.32 Å². The molecule has 2 rings (SSSR count). The van der Waals surface area contributed by atoms with E-state index in [1.54, 1.807) is 18.4 Å². The second-order valence-corrected chi connectivity index (χ2v) is 6.78. The monoisotopic (exact) mass is 340 g/mol. The minimum atomic E-state index is -0.913. The van der Waals surface area contributed by atoms with Crippen molar-refractivity contribution in [3.05, 3.63) is 22.3 Å². The zero-order chi connectivity index (χ0) is 16.3. The van der Waals surface area contributed by atoms with Crippen LogP contribution in [0.3, 0.4) is 0 Å². The first-order valence-electron chi connectivity index (χ1n) is 7.06. The number of nitrogens with zero attached hydrogens (tertiary/aromatic N) is 2. The molecule has 1 amide bonds. The van der Waals surface area contributed by atoms with Gasteiger partial charge in [0.25, 0.3) is 0 Å². The van der Waals surface area contributed by atoms with Gasteiger partial charge in [-0.3, -0.25) is 14.5 Å². The number of nitrogens with one attached hydrogen (secondary N) is 2. The van der Waals surface area contributed by atoms with Crippen LogP contribution >= 0.6 is 23.6 Å². The first-order chi connectivity index (χ1) is 10.4. The van der Waals surface area contributed by atoms with Gasteiger partial charge in [-0.05, 0) is 43.9 Å². The van der Waals surface area contributed by atoms with E-state index in [0.29, 0.717) is 17.0 Å². The van der Waals surface area contributed by atoms with Crippen LogP contribution in [0.4, 0.5) is 0 Å². The Hall–Kier alpha value is -1.51. The van der Waals surface area contributed by atoms with Crippen LogP contribution in [0.25, 0.3) is 10.7 Å². The Morgan fingerprint density at radius 2 is 2.41 bits per heavy atom. The summed E-state index contributed by atoms with van der Waals surface area (Å²) in [6.45, 7) is 5.53. The van der Waals surface area contributed by atoms with Crippen LogP contribution in [0.2, 0.25) is 0 Å². The highest BCUT2D eigenvalue weighted by atomic mass is 32.1. The number of carbonyl (C=O) groups excluding carboxylic acids is 1. The maximum absolute atomic E-state index is 12.4. The summed E-state index contributed by atoms with van der Waals surface area (Å²) in [7, 11) is 0. The smallest absolute Gasteiger partial charge is 0.243 e. The van der Waals surface area contributed by atoms with E-state index in [1.165, 1.54) is 11.3 Å². The summed E-state index contributed by atoms with van der Waals surface area (Å²) in [5.74, 6) is 0.439. The summed E-state index contributed by atoms with van der Waals surface area (Å²) in [6.07, 6.45) is 0.563. The first kappa shape index (κ1) is 16.9. The fraction of sp³-hybridized carbons (Fsp3) is 0.500. The Morgan fingerprint density at radius 3 is 3.00 bits per heavy atom. The molecule has 0 bridgehead atoms. The van der Waals surface area contributed by atoms with Gasteiger partial charge >= 0.3 is 0 Å². The third-order valence-electron chi connectivity index (χ3n) is 3.62. The van der Waals surface area contributed by atoms with Crippen LogP contribution in [-0.4, -0.2) is 37.9 Å². The Balaban J connectivity index is 2.20. The highest BCUT2D eigenvalue weighted by Crippen LogP contribution is 2.25. The fourth-order valence-corrected chi connectivity index (χ4v) is 2.91. The predicted molar refractivity (Wildman–Crippen MR) is 89.4 cm³/mol. The SMILES string of the molecule is CC[C@](C)(O)CNC(=O)[C@H](C)n1c(-c2cccs2)n[nH]c1=S. The molecule has 2 heterocycles. The van der Waals surface area contributed by atoms with Gasteiger partial charge < -0.3 is 10.4 Å². The lowest BCUT2D eigenvalue weighted by Crippen LogP contribution is -2.42. The number of H-pyrrole nitrogens is 1. The van der Waals surface area contributed by atoms with Crippen LogP contribution in [0.1, 0.15) is 33.2 Å². The van der Waals surface area contributed by atoms with Crippen molar-refractivity contribution in [3.63, 3.8) is 0 Å². The van der Waals surface area contributed by atoms with Crippen LogP contribution in [0.15, 0.2) is 17.5 Å². The predicted octanol–water partition coefficient (Wildman–Crippen LogP) is 2.51. The molecular weight excluding hydrogens is 320 g/mol. The van der Waals surface area contributed by atoms with Crippen molar-refractivity contribution >= 4 is 29.5 Å². The van der Waals surface area contributed by atoms with Crippen LogP contribution in [-0.2, 0) is 4.79 Å². The number of aliphatic hydroxyl groups is 1.